The molecule has 0 radical (unpaired) electrons. The van der Waals surface area contributed by atoms with Crippen molar-refractivity contribution in [2.75, 3.05) is 0 Å². The van der Waals surface area contributed by atoms with Crippen LogP contribution in [0.1, 0.15) is 5.56 Å². The molecule has 0 amide bonds. The number of nitrogens with one attached hydrogen (secondary N) is 1. The molecule has 0 unspecified atom stereocenters. The summed E-state index contributed by atoms with van der Waals surface area (Å²) in [5.74, 6) is -0.388. The maximum absolute atomic E-state index is 11.9. The van der Waals surface area contributed by atoms with Crippen molar-refractivity contribution in [3.8, 4) is 5.75 Å². The lowest BCUT2D eigenvalue weighted by molar-refractivity contribution is -0.274. The molecule has 2 nitrogen and oxygen atoms in total. The lowest BCUT2D eigenvalue weighted by Crippen LogP contribution is -2.17. The average Bonchev–Trinajstić information content (AvgIpc) is 2.08. The SMILES string of the molecule is FC(F)(F)Oc1ccc(CNI)cc1Cl. The van der Waals surface area contributed by atoms with E-state index in [-0.39, 0.29) is 10.8 Å². The van der Waals surface area contributed by atoms with Crippen LogP contribution >= 0.6 is 34.5 Å². The second kappa shape index (κ2) is 5.22. The molecule has 1 N–H and O–H groups in total. The van der Waals surface area contributed by atoms with Gasteiger partial charge in [0.05, 0.1) is 5.02 Å². The predicted octanol–water partition coefficient (Wildman–Crippen LogP) is 3.68. The molecule has 0 spiro atoms. The van der Waals surface area contributed by atoms with Crippen LogP contribution in [0.5, 0.6) is 5.75 Å². The highest BCUT2D eigenvalue weighted by Gasteiger charge is 2.31. The monoisotopic (exact) mass is 351 g/mol. The van der Waals surface area contributed by atoms with Crippen molar-refractivity contribution < 1.29 is 17.9 Å². The first-order valence-corrected chi connectivity index (χ1v) is 5.26. The molecule has 0 fully saturated rings. The van der Waals surface area contributed by atoms with E-state index in [4.69, 9.17) is 11.6 Å². The van der Waals surface area contributed by atoms with E-state index in [0.717, 1.165) is 5.56 Å². The fourth-order valence-electron chi connectivity index (χ4n) is 0.939. The van der Waals surface area contributed by atoms with E-state index in [1.165, 1.54) is 18.2 Å². The van der Waals surface area contributed by atoms with Crippen LogP contribution < -0.4 is 8.27 Å². The number of ether oxygens (including phenoxy) is 1. The number of hydrogen-bond donors (Lipinski definition) is 1. The van der Waals surface area contributed by atoms with Crippen molar-refractivity contribution in [1.29, 1.82) is 0 Å². The first kappa shape index (κ1) is 12.9. The van der Waals surface area contributed by atoms with Crippen LogP contribution in [0.25, 0.3) is 0 Å². The van der Waals surface area contributed by atoms with Crippen molar-refractivity contribution in [3.05, 3.63) is 28.8 Å². The van der Waals surface area contributed by atoms with E-state index in [1.54, 1.807) is 0 Å². The molecule has 0 atom stereocenters. The Balaban J connectivity index is 2.84. The maximum Gasteiger partial charge on any atom is 0.573 e. The van der Waals surface area contributed by atoms with Gasteiger partial charge in [-0.2, -0.15) is 0 Å². The molecular formula is C8H6ClF3INO. The first-order chi connectivity index (χ1) is 6.92. The van der Waals surface area contributed by atoms with Gasteiger partial charge in [0.15, 0.2) is 0 Å². The summed E-state index contributed by atoms with van der Waals surface area (Å²) in [6.07, 6.45) is -4.72. The van der Waals surface area contributed by atoms with E-state index in [1.807, 2.05) is 22.9 Å². The second-order valence-corrected chi connectivity index (χ2v) is 3.79. The lowest BCUT2D eigenvalue weighted by atomic mass is 10.2. The molecule has 84 valence electrons. The third-order valence-electron chi connectivity index (χ3n) is 1.49. The zero-order valence-electron chi connectivity index (χ0n) is 7.24. The molecule has 0 saturated heterocycles. The zero-order valence-corrected chi connectivity index (χ0v) is 10.2. The molecule has 0 saturated carbocycles. The topological polar surface area (TPSA) is 21.3 Å². The van der Waals surface area contributed by atoms with Crippen LogP contribution in [0.3, 0.4) is 0 Å². The van der Waals surface area contributed by atoms with Gasteiger partial charge in [0.1, 0.15) is 5.75 Å². The molecule has 0 aliphatic heterocycles. The maximum atomic E-state index is 11.9. The van der Waals surface area contributed by atoms with Gasteiger partial charge < -0.3 is 4.74 Å². The summed E-state index contributed by atoms with van der Waals surface area (Å²) in [6, 6.07) is 4.13. The van der Waals surface area contributed by atoms with Crippen LogP contribution in [0, 0.1) is 0 Å². The highest BCUT2D eigenvalue weighted by Crippen LogP contribution is 2.30. The molecule has 1 rings (SSSR count). The smallest absolute Gasteiger partial charge is 0.404 e. The van der Waals surface area contributed by atoms with Gasteiger partial charge in [0.25, 0.3) is 0 Å². The molecule has 1 aromatic rings. The summed E-state index contributed by atoms with van der Waals surface area (Å²) in [7, 11) is 0. The predicted molar refractivity (Wildman–Crippen MR) is 59.0 cm³/mol. The second-order valence-electron chi connectivity index (χ2n) is 2.62. The molecule has 1 aromatic carbocycles. The van der Waals surface area contributed by atoms with E-state index in [0.29, 0.717) is 6.54 Å². The fourth-order valence-corrected chi connectivity index (χ4v) is 1.62. The van der Waals surface area contributed by atoms with Crippen molar-refractivity contribution in [2.24, 2.45) is 0 Å². The quantitative estimate of drug-likeness (QED) is 0.663. The molecule has 15 heavy (non-hydrogen) atoms. The summed E-state index contributed by atoms with van der Waals surface area (Å²) in [5.41, 5.74) is 0.781. The molecule has 7 heteroatoms. The van der Waals surface area contributed by atoms with Crippen LogP contribution in [0.15, 0.2) is 18.2 Å². The summed E-state index contributed by atoms with van der Waals surface area (Å²) in [6.45, 7) is 0.520. The van der Waals surface area contributed by atoms with E-state index >= 15 is 0 Å². The summed E-state index contributed by atoms with van der Waals surface area (Å²) in [4.78, 5) is 0. The molecule has 0 heterocycles. The van der Waals surface area contributed by atoms with Crippen molar-refractivity contribution in [1.82, 2.24) is 3.53 Å². The number of hydrogen-bond acceptors (Lipinski definition) is 2. The fraction of sp³-hybridized carbons (Fsp3) is 0.250. The Morgan fingerprint density at radius 3 is 2.53 bits per heavy atom. The number of benzene rings is 1. The van der Waals surface area contributed by atoms with Gasteiger partial charge in [-0.15, -0.1) is 13.2 Å². The zero-order chi connectivity index (χ0) is 11.5. The normalized spacial score (nSPS) is 11.5. The average molecular weight is 351 g/mol. The van der Waals surface area contributed by atoms with Crippen LogP contribution in [-0.2, 0) is 6.54 Å². The molecule has 0 aliphatic carbocycles. The Morgan fingerprint density at radius 1 is 1.40 bits per heavy atom. The Bertz CT molecular complexity index is 345. The minimum absolute atomic E-state index is 0.0588. The Labute approximate surface area is 103 Å². The standard InChI is InChI=1S/C8H6ClF3INO/c9-6-3-5(4-14-13)1-2-7(6)15-8(10,11)12/h1-3,14H,4H2. The summed E-state index contributed by atoms with van der Waals surface area (Å²) < 4.78 is 42.2. The van der Waals surface area contributed by atoms with E-state index < -0.39 is 6.36 Å². The summed E-state index contributed by atoms with van der Waals surface area (Å²) in [5, 5.41) is -0.0588. The molecular weight excluding hydrogens is 345 g/mol. The van der Waals surface area contributed by atoms with Gasteiger partial charge >= 0.3 is 6.36 Å². The Hall–Kier alpha value is -0.210. The molecule has 0 bridgehead atoms. The molecule has 0 aromatic heterocycles. The van der Waals surface area contributed by atoms with Crippen LogP contribution in [0.2, 0.25) is 5.02 Å². The minimum atomic E-state index is -4.72. The van der Waals surface area contributed by atoms with Gasteiger partial charge in [-0.25, -0.2) is 0 Å². The Kier molecular flexibility index (Phi) is 4.47. The van der Waals surface area contributed by atoms with Gasteiger partial charge in [-0.1, -0.05) is 17.7 Å². The largest absolute Gasteiger partial charge is 0.573 e. The molecule has 0 aliphatic rings. The van der Waals surface area contributed by atoms with Gasteiger partial charge in [-0.3, -0.25) is 3.53 Å². The minimum Gasteiger partial charge on any atom is -0.404 e. The van der Waals surface area contributed by atoms with Crippen LogP contribution in [0.4, 0.5) is 13.2 Å². The van der Waals surface area contributed by atoms with Crippen molar-refractivity contribution in [2.45, 2.75) is 12.9 Å². The van der Waals surface area contributed by atoms with E-state index in [9.17, 15) is 13.2 Å². The number of alkyl halides is 3. The van der Waals surface area contributed by atoms with Crippen LogP contribution in [-0.4, -0.2) is 6.36 Å². The van der Waals surface area contributed by atoms with Gasteiger partial charge in [0.2, 0.25) is 0 Å². The third kappa shape index (κ3) is 4.43. The highest BCUT2D eigenvalue weighted by molar-refractivity contribution is 14.1. The summed E-state index contributed by atoms with van der Waals surface area (Å²) >= 11 is 7.55. The van der Waals surface area contributed by atoms with Crippen molar-refractivity contribution >= 4 is 34.5 Å². The van der Waals surface area contributed by atoms with Gasteiger partial charge in [-0.05, 0) is 17.7 Å². The third-order valence-corrected chi connectivity index (χ3v) is 2.17. The van der Waals surface area contributed by atoms with E-state index in [2.05, 4.69) is 8.27 Å². The number of rotatable bonds is 3. The van der Waals surface area contributed by atoms with Gasteiger partial charge in [0, 0.05) is 29.4 Å². The number of halogens is 5. The highest BCUT2D eigenvalue weighted by atomic mass is 127. The Morgan fingerprint density at radius 2 is 2.07 bits per heavy atom. The first-order valence-electron chi connectivity index (χ1n) is 3.80. The lowest BCUT2D eigenvalue weighted by Gasteiger charge is -2.10. The van der Waals surface area contributed by atoms with Crippen molar-refractivity contribution in [3.63, 3.8) is 0 Å².